The monoisotopic (exact) mass is 336 g/mol. The molecule has 3 heterocycles. The number of aromatic nitrogens is 4. The van der Waals surface area contributed by atoms with Gasteiger partial charge < -0.3 is 4.57 Å². The van der Waals surface area contributed by atoms with Gasteiger partial charge in [0, 0.05) is 23.5 Å². The number of hydrogen-bond acceptors (Lipinski definition) is 3. The third-order valence-corrected chi connectivity index (χ3v) is 4.12. The van der Waals surface area contributed by atoms with Gasteiger partial charge in [-0.1, -0.05) is 12.1 Å². The quantitative estimate of drug-likeness (QED) is 0.559. The molecule has 0 amide bonds. The summed E-state index contributed by atoms with van der Waals surface area (Å²) in [7, 11) is 0. The summed E-state index contributed by atoms with van der Waals surface area (Å²) in [6.45, 7) is -0.331. The smallest absolute Gasteiger partial charge is 0.123 e. The van der Waals surface area contributed by atoms with Crippen molar-refractivity contribution in [3.8, 4) is 22.4 Å². The summed E-state index contributed by atoms with van der Waals surface area (Å²) in [6.07, 6.45) is 6.51. The molecule has 0 aliphatic heterocycles. The van der Waals surface area contributed by atoms with E-state index >= 15 is 0 Å². The lowest BCUT2D eigenvalue weighted by Gasteiger charge is -2.11. The van der Waals surface area contributed by atoms with Crippen molar-refractivity contribution in [1.29, 1.82) is 0 Å². The second-order valence-electron chi connectivity index (χ2n) is 5.56. The van der Waals surface area contributed by atoms with Gasteiger partial charge in [0.15, 0.2) is 0 Å². The van der Waals surface area contributed by atoms with Gasteiger partial charge in [-0.25, -0.2) is 18.7 Å². The van der Waals surface area contributed by atoms with Gasteiger partial charge in [0.1, 0.15) is 24.3 Å². The van der Waals surface area contributed by atoms with Crippen LogP contribution in [0, 0.1) is 5.82 Å². The first-order chi connectivity index (χ1) is 12.3. The molecule has 3 aromatic heterocycles. The molecule has 0 spiro atoms. The summed E-state index contributed by atoms with van der Waals surface area (Å²) in [4.78, 5) is 12.5. The molecule has 0 unspecified atom stereocenters. The Morgan fingerprint density at radius 3 is 2.40 bits per heavy atom. The molecule has 6 heteroatoms. The maximum Gasteiger partial charge on any atom is 0.123 e. The van der Waals surface area contributed by atoms with Crippen LogP contribution >= 0.6 is 0 Å². The highest BCUT2D eigenvalue weighted by Gasteiger charge is 2.21. The number of pyridine rings is 1. The molecule has 124 valence electrons. The minimum absolute atomic E-state index is 0.183. The summed E-state index contributed by atoms with van der Waals surface area (Å²) in [5.74, 6) is -0.309. The Balaban J connectivity index is 2.10. The SMILES string of the molecule is FCCn1c(-c2ccncc2)c(-c2ccc(F)cc2)c2ncncc21. The lowest BCUT2D eigenvalue weighted by atomic mass is 10.0. The van der Waals surface area contributed by atoms with Crippen molar-refractivity contribution in [3.05, 3.63) is 67.1 Å². The second-order valence-corrected chi connectivity index (χ2v) is 5.56. The largest absolute Gasteiger partial charge is 0.335 e. The zero-order chi connectivity index (χ0) is 17.2. The normalized spacial score (nSPS) is 11.1. The fourth-order valence-corrected chi connectivity index (χ4v) is 3.10. The predicted octanol–water partition coefficient (Wildman–Crippen LogP) is 4.27. The van der Waals surface area contributed by atoms with Crippen LogP contribution in [0.2, 0.25) is 0 Å². The molecule has 0 fully saturated rings. The highest BCUT2D eigenvalue weighted by molar-refractivity contribution is 6.01. The van der Waals surface area contributed by atoms with Crippen LogP contribution < -0.4 is 0 Å². The summed E-state index contributed by atoms with van der Waals surface area (Å²) in [6, 6.07) is 9.95. The molecule has 4 nitrogen and oxygen atoms in total. The van der Waals surface area contributed by atoms with E-state index in [-0.39, 0.29) is 12.4 Å². The molecule has 0 bridgehead atoms. The Morgan fingerprint density at radius 2 is 1.68 bits per heavy atom. The molecule has 0 atom stereocenters. The summed E-state index contributed by atoms with van der Waals surface area (Å²) in [5.41, 5.74) is 4.81. The van der Waals surface area contributed by atoms with E-state index in [1.165, 1.54) is 18.5 Å². The van der Waals surface area contributed by atoms with E-state index in [1.807, 2.05) is 16.7 Å². The molecule has 25 heavy (non-hydrogen) atoms. The summed E-state index contributed by atoms with van der Waals surface area (Å²) < 4.78 is 28.5. The fourth-order valence-electron chi connectivity index (χ4n) is 3.10. The van der Waals surface area contributed by atoms with Crippen molar-refractivity contribution in [2.45, 2.75) is 6.54 Å². The van der Waals surface area contributed by atoms with Gasteiger partial charge in [-0.05, 0) is 29.8 Å². The van der Waals surface area contributed by atoms with Gasteiger partial charge in [0.05, 0.1) is 24.0 Å². The number of hydrogen-bond donors (Lipinski definition) is 0. The highest BCUT2D eigenvalue weighted by Crippen LogP contribution is 2.39. The Hall–Kier alpha value is -3.15. The van der Waals surface area contributed by atoms with Crippen molar-refractivity contribution in [1.82, 2.24) is 19.5 Å². The fraction of sp³-hybridized carbons (Fsp3) is 0.105. The lowest BCUT2D eigenvalue weighted by Crippen LogP contribution is -2.02. The van der Waals surface area contributed by atoms with Gasteiger partial charge in [-0.15, -0.1) is 0 Å². The van der Waals surface area contributed by atoms with Gasteiger partial charge in [0.2, 0.25) is 0 Å². The zero-order valence-corrected chi connectivity index (χ0v) is 13.2. The van der Waals surface area contributed by atoms with Gasteiger partial charge in [-0.3, -0.25) is 4.98 Å². The molecule has 4 aromatic rings. The highest BCUT2D eigenvalue weighted by atomic mass is 19.1. The molecule has 0 aliphatic carbocycles. The van der Waals surface area contributed by atoms with Crippen LogP contribution in [-0.4, -0.2) is 26.2 Å². The van der Waals surface area contributed by atoms with Crippen LogP contribution in [-0.2, 0) is 6.54 Å². The molecule has 4 rings (SSSR count). The molecule has 0 saturated heterocycles. The number of halogens is 2. The molecule has 0 saturated carbocycles. The van der Waals surface area contributed by atoms with Crippen molar-refractivity contribution < 1.29 is 8.78 Å². The molecular formula is C19H14F2N4. The molecule has 0 radical (unpaired) electrons. The number of fused-ring (bicyclic) bond motifs is 1. The summed E-state index contributed by atoms with van der Waals surface area (Å²) >= 11 is 0. The van der Waals surface area contributed by atoms with E-state index in [1.54, 1.807) is 30.7 Å². The number of aryl methyl sites for hydroxylation is 1. The zero-order valence-electron chi connectivity index (χ0n) is 13.2. The van der Waals surface area contributed by atoms with E-state index in [0.717, 1.165) is 27.9 Å². The van der Waals surface area contributed by atoms with E-state index in [4.69, 9.17) is 0 Å². The number of nitrogens with zero attached hydrogens (tertiary/aromatic N) is 4. The van der Waals surface area contributed by atoms with Gasteiger partial charge in [0.25, 0.3) is 0 Å². The van der Waals surface area contributed by atoms with Gasteiger partial charge >= 0.3 is 0 Å². The van der Waals surface area contributed by atoms with E-state index in [0.29, 0.717) is 5.52 Å². The van der Waals surface area contributed by atoms with Crippen molar-refractivity contribution >= 4 is 11.0 Å². The molecular weight excluding hydrogens is 322 g/mol. The Kier molecular flexibility index (Phi) is 3.93. The van der Waals surface area contributed by atoms with Crippen LogP contribution in [0.5, 0.6) is 0 Å². The molecule has 1 aromatic carbocycles. The topological polar surface area (TPSA) is 43.6 Å². The van der Waals surface area contributed by atoms with Crippen LogP contribution in [0.4, 0.5) is 8.78 Å². The standard InChI is InChI=1S/C19H14F2N4/c20-7-10-25-16-11-23-12-24-18(16)17(13-1-3-15(21)4-2-13)19(25)14-5-8-22-9-6-14/h1-6,8-9,11-12H,7,10H2. The van der Waals surface area contributed by atoms with Crippen LogP contribution in [0.15, 0.2) is 61.3 Å². The Labute approximate surface area is 142 Å². The number of rotatable bonds is 4. The van der Waals surface area contributed by atoms with Crippen molar-refractivity contribution in [3.63, 3.8) is 0 Å². The minimum Gasteiger partial charge on any atom is -0.335 e. The third kappa shape index (κ3) is 2.65. The van der Waals surface area contributed by atoms with Crippen molar-refractivity contribution in [2.24, 2.45) is 0 Å². The first-order valence-corrected chi connectivity index (χ1v) is 7.84. The predicted molar refractivity (Wildman–Crippen MR) is 92.1 cm³/mol. The lowest BCUT2D eigenvalue weighted by molar-refractivity contribution is 0.452. The Bertz CT molecular complexity index is 1010. The van der Waals surface area contributed by atoms with Crippen molar-refractivity contribution in [2.75, 3.05) is 6.67 Å². The molecule has 0 N–H and O–H groups in total. The summed E-state index contributed by atoms with van der Waals surface area (Å²) in [5, 5.41) is 0. The first-order valence-electron chi connectivity index (χ1n) is 7.84. The maximum absolute atomic E-state index is 13.4. The average molecular weight is 336 g/mol. The van der Waals surface area contributed by atoms with E-state index in [9.17, 15) is 8.78 Å². The van der Waals surface area contributed by atoms with Crippen LogP contribution in [0.3, 0.4) is 0 Å². The van der Waals surface area contributed by atoms with Crippen LogP contribution in [0.25, 0.3) is 33.4 Å². The number of alkyl halides is 1. The van der Waals surface area contributed by atoms with E-state index in [2.05, 4.69) is 15.0 Å². The van der Waals surface area contributed by atoms with Gasteiger partial charge in [-0.2, -0.15) is 0 Å². The average Bonchev–Trinajstić information content (AvgIpc) is 2.98. The number of benzene rings is 1. The minimum atomic E-state index is -0.514. The maximum atomic E-state index is 13.4. The Morgan fingerprint density at radius 1 is 0.920 bits per heavy atom. The molecule has 0 aliphatic rings. The second kappa shape index (κ2) is 6.39. The van der Waals surface area contributed by atoms with Crippen LogP contribution in [0.1, 0.15) is 0 Å². The van der Waals surface area contributed by atoms with E-state index < -0.39 is 6.67 Å². The first kappa shape index (κ1) is 15.4. The third-order valence-electron chi connectivity index (χ3n) is 4.12.